The maximum Gasteiger partial charge on any atom is 0.123 e. The second-order valence-electron chi connectivity index (χ2n) is 10.7. The summed E-state index contributed by atoms with van der Waals surface area (Å²) in [7, 11) is 1.71. The number of nitrogens with zero attached hydrogens (tertiary/aromatic N) is 1. The van der Waals surface area contributed by atoms with Gasteiger partial charge in [0.2, 0.25) is 0 Å². The Morgan fingerprint density at radius 2 is 1.56 bits per heavy atom. The molecule has 2 atom stereocenters. The van der Waals surface area contributed by atoms with Crippen LogP contribution in [0, 0.1) is 5.92 Å². The Kier molecular flexibility index (Phi) is 7.44. The van der Waals surface area contributed by atoms with Crippen molar-refractivity contribution >= 4 is 0 Å². The molecule has 190 valence electrons. The molecule has 3 fully saturated rings. The van der Waals surface area contributed by atoms with Crippen LogP contribution in [0.3, 0.4) is 0 Å². The Morgan fingerprint density at radius 1 is 0.944 bits per heavy atom. The van der Waals surface area contributed by atoms with Crippen molar-refractivity contribution < 1.29 is 14.9 Å². The topological polar surface area (TPSA) is 54.0 Å². The van der Waals surface area contributed by atoms with Gasteiger partial charge < -0.3 is 10.1 Å². The van der Waals surface area contributed by atoms with Crippen molar-refractivity contribution in [1.82, 2.24) is 10.2 Å². The number of hydrogen-bond acceptors (Lipinski definition) is 5. The zero-order valence-corrected chi connectivity index (χ0v) is 21.6. The number of benzene rings is 3. The Labute approximate surface area is 215 Å². The lowest BCUT2D eigenvalue weighted by molar-refractivity contribution is -0.318. The SMILES string of the molecule is COc1ccc(C(C)(C)OO)cc1CNC1C2CCN(CC2)C1C(c1ccccc1)c1ccccc1. The highest BCUT2D eigenvalue weighted by Gasteiger charge is 2.46. The maximum atomic E-state index is 9.43. The van der Waals surface area contributed by atoms with Gasteiger partial charge in [-0.1, -0.05) is 66.7 Å². The van der Waals surface area contributed by atoms with E-state index in [1.54, 1.807) is 7.11 Å². The van der Waals surface area contributed by atoms with Crippen LogP contribution >= 0.6 is 0 Å². The predicted octanol–water partition coefficient (Wildman–Crippen LogP) is 5.80. The van der Waals surface area contributed by atoms with Gasteiger partial charge in [-0.2, -0.15) is 0 Å². The van der Waals surface area contributed by atoms with Crippen LogP contribution in [0.5, 0.6) is 5.75 Å². The molecule has 3 saturated heterocycles. The molecule has 2 bridgehead atoms. The first kappa shape index (κ1) is 25.0. The van der Waals surface area contributed by atoms with E-state index in [4.69, 9.17) is 9.62 Å². The second-order valence-corrected chi connectivity index (χ2v) is 10.7. The van der Waals surface area contributed by atoms with E-state index in [1.165, 1.54) is 24.0 Å². The average molecular weight is 487 g/mol. The maximum absolute atomic E-state index is 9.43. The third-order valence-corrected chi connectivity index (χ3v) is 8.26. The first-order valence-corrected chi connectivity index (χ1v) is 13.1. The largest absolute Gasteiger partial charge is 0.496 e. The lowest BCUT2D eigenvalue weighted by Crippen LogP contribution is -2.64. The van der Waals surface area contributed by atoms with Crippen LogP contribution < -0.4 is 10.1 Å². The molecular weight excluding hydrogens is 448 g/mol. The fraction of sp³-hybridized carbons (Fsp3) is 0.419. The van der Waals surface area contributed by atoms with Gasteiger partial charge in [0.1, 0.15) is 11.4 Å². The lowest BCUT2D eigenvalue weighted by Gasteiger charge is -2.54. The van der Waals surface area contributed by atoms with Crippen LogP contribution in [0.4, 0.5) is 0 Å². The molecule has 3 aliphatic heterocycles. The minimum Gasteiger partial charge on any atom is -0.496 e. The number of fused-ring (bicyclic) bond motifs is 3. The fourth-order valence-corrected chi connectivity index (χ4v) is 6.27. The second kappa shape index (κ2) is 10.7. The van der Waals surface area contributed by atoms with E-state index >= 15 is 0 Å². The highest BCUT2D eigenvalue weighted by molar-refractivity contribution is 5.40. The van der Waals surface area contributed by atoms with Crippen molar-refractivity contribution in [2.24, 2.45) is 5.92 Å². The average Bonchev–Trinajstić information content (AvgIpc) is 2.94. The molecule has 0 radical (unpaired) electrons. The van der Waals surface area contributed by atoms with E-state index in [2.05, 4.69) is 76.9 Å². The van der Waals surface area contributed by atoms with Crippen LogP contribution in [-0.4, -0.2) is 42.4 Å². The molecule has 5 heteroatoms. The van der Waals surface area contributed by atoms with E-state index in [0.717, 1.165) is 30.0 Å². The van der Waals surface area contributed by atoms with E-state index in [1.807, 2.05) is 26.0 Å². The van der Waals surface area contributed by atoms with Crippen molar-refractivity contribution in [1.29, 1.82) is 0 Å². The minimum absolute atomic E-state index is 0.294. The number of ether oxygens (including phenoxy) is 1. The van der Waals surface area contributed by atoms with Gasteiger partial charge in [0, 0.05) is 30.1 Å². The summed E-state index contributed by atoms with van der Waals surface area (Å²) in [5, 5.41) is 13.4. The molecule has 3 aromatic carbocycles. The molecular formula is C31H38N2O3. The smallest absolute Gasteiger partial charge is 0.123 e. The molecule has 2 unspecified atom stereocenters. The van der Waals surface area contributed by atoms with Crippen LogP contribution in [-0.2, 0) is 17.0 Å². The molecule has 3 aliphatic rings. The molecule has 6 rings (SSSR count). The molecule has 5 nitrogen and oxygen atoms in total. The van der Waals surface area contributed by atoms with E-state index in [-0.39, 0.29) is 0 Å². The van der Waals surface area contributed by atoms with Gasteiger partial charge >= 0.3 is 0 Å². The zero-order valence-electron chi connectivity index (χ0n) is 21.6. The van der Waals surface area contributed by atoms with Crippen molar-refractivity contribution in [3.05, 3.63) is 101 Å². The molecule has 0 amide bonds. The quantitative estimate of drug-likeness (QED) is 0.296. The van der Waals surface area contributed by atoms with Gasteiger partial charge in [-0.3, -0.25) is 10.2 Å². The summed E-state index contributed by atoms with van der Waals surface area (Å²) in [6.07, 6.45) is 2.46. The molecule has 0 saturated carbocycles. The first-order valence-electron chi connectivity index (χ1n) is 13.1. The predicted molar refractivity (Wildman–Crippen MR) is 143 cm³/mol. The lowest BCUT2D eigenvalue weighted by atomic mass is 9.70. The normalized spacial score (nSPS) is 23.7. The summed E-state index contributed by atoms with van der Waals surface area (Å²) in [6, 6.07) is 28.7. The summed E-state index contributed by atoms with van der Waals surface area (Å²) in [4.78, 5) is 7.47. The standard InChI is InChI=1S/C31H38N2O3/c1-31(2,36-34)26-14-15-27(35-3)25(20-26)21-32-29-24-16-18-33(19-17-24)30(29)28(22-10-6-4-7-11-22)23-12-8-5-9-13-23/h4-15,20,24,28-30,32,34H,16-19,21H2,1-3H3. The third-order valence-electron chi connectivity index (χ3n) is 8.26. The van der Waals surface area contributed by atoms with E-state index in [0.29, 0.717) is 30.5 Å². The number of rotatable bonds is 9. The fourth-order valence-electron chi connectivity index (χ4n) is 6.27. The van der Waals surface area contributed by atoms with Crippen molar-refractivity contribution in [2.45, 2.75) is 56.8 Å². The number of hydrogen-bond donors (Lipinski definition) is 2. The molecule has 36 heavy (non-hydrogen) atoms. The number of methoxy groups -OCH3 is 1. The van der Waals surface area contributed by atoms with Gasteiger partial charge in [-0.25, -0.2) is 4.89 Å². The zero-order chi connectivity index (χ0) is 25.1. The van der Waals surface area contributed by atoms with Crippen molar-refractivity contribution in [3.63, 3.8) is 0 Å². The molecule has 2 N–H and O–H groups in total. The summed E-state index contributed by atoms with van der Waals surface area (Å²) in [5.74, 6) is 1.78. The van der Waals surface area contributed by atoms with Gasteiger partial charge in [0.25, 0.3) is 0 Å². The number of nitrogens with one attached hydrogen (secondary N) is 1. The summed E-state index contributed by atoms with van der Waals surface area (Å²) >= 11 is 0. The number of piperidine rings is 3. The van der Waals surface area contributed by atoms with Gasteiger partial charge in [0.15, 0.2) is 0 Å². The first-order chi connectivity index (χ1) is 17.5. The van der Waals surface area contributed by atoms with Gasteiger partial charge in [-0.15, -0.1) is 0 Å². The molecule has 0 aliphatic carbocycles. The van der Waals surface area contributed by atoms with E-state index in [9.17, 15) is 5.26 Å². The Hall–Kier alpha value is -2.70. The molecule has 3 heterocycles. The molecule has 0 aromatic heterocycles. The monoisotopic (exact) mass is 486 g/mol. The Bertz CT molecular complexity index is 1090. The summed E-state index contributed by atoms with van der Waals surface area (Å²) < 4.78 is 5.71. The van der Waals surface area contributed by atoms with Gasteiger partial charge in [-0.05, 0) is 74.5 Å². The van der Waals surface area contributed by atoms with Crippen LogP contribution in [0.1, 0.15) is 54.9 Å². The minimum atomic E-state index is -0.787. The highest BCUT2D eigenvalue weighted by Crippen LogP contribution is 2.42. The van der Waals surface area contributed by atoms with Crippen LogP contribution in [0.25, 0.3) is 0 Å². The summed E-state index contributed by atoms with van der Waals surface area (Å²) in [6.45, 7) is 6.73. The highest BCUT2D eigenvalue weighted by atomic mass is 17.1. The Morgan fingerprint density at radius 3 is 2.11 bits per heavy atom. The van der Waals surface area contributed by atoms with Crippen molar-refractivity contribution in [2.75, 3.05) is 20.2 Å². The Balaban J connectivity index is 1.48. The van der Waals surface area contributed by atoms with Crippen LogP contribution in [0.2, 0.25) is 0 Å². The molecule has 0 spiro atoms. The van der Waals surface area contributed by atoms with Gasteiger partial charge in [0.05, 0.1) is 7.11 Å². The molecule has 3 aromatic rings. The van der Waals surface area contributed by atoms with Crippen LogP contribution in [0.15, 0.2) is 78.9 Å². The van der Waals surface area contributed by atoms with Crippen molar-refractivity contribution in [3.8, 4) is 5.75 Å². The summed E-state index contributed by atoms with van der Waals surface area (Å²) in [5.41, 5.74) is 3.94. The van der Waals surface area contributed by atoms with E-state index < -0.39 is 5.60 Å². The third kappa shape index (κ3) is 4.94.